The summed E-state index contributed by atoms with van der Waals surface area (Å²) < 4.78 is 2.38. The number of amides is 2. The van der Waals surface area contributed by atoms with Gasteiger partial charge in [-0.1, -0.05) is 12.1 Å². The van der Waals surface area contributed by atoms with E-state index in [1.165, 1.54) is 40.6 Å². The van der Waals surface area contributed by atoms with Gasteiger partial charge in [-0.05, 0) is 81.3 Å². The molecule has 2 saturated heterocycles. The fraction of sp³-hybridized carbons (Fsp3) is 0.500. The molecule has 1 aromatic carbocycles. The molecule has 0 unspecified atom stereocenters. The van der Waals surface area contributed by atoms with Crippen LogP contribution < -0.4 is 0 Å². The summed E-state index contributed by atoms with van der Waals surface area (Å²) >= 11 is 1.75. The van der Waals surface area contributed by atoms with Gasteiger partial charge in [0, 0.05) is 49.2 Å². The lowest BCUT2D eigenvalue weighted by atomic mass is 9.89. The third-order valence-electron chi connectivity index (χ3n) is 7.24. The largest absolute Gasteiger partial charge is 0.322 e. The number of rotatable bonds is 6. The second-order valence-electron chi connectivity index (χ2n) is 9.63. The van der Waals surface area contributed by atoms with Crippen molar-refractivity contribution in [1.29, 1.82) is 0 Å². The van der Waals surface area contributed by atoms with Gasteiger partial charge in [0.2, 0.25) is 0 Å². The highest BCUT2D eigenvalue weighted by molar-refractivity contribution is 7.08. The Morgan fingerprint density at radius 2 is 1.88 bits per heavy atom. The molecule has 0 saturated carbocycles. The fourth-order valence-electron chi connectivity index (χ4n) is 5.31. The molecular formula is C26H34N4OS. The molecule has 2 amide bonds. The van der Waals surface area contributed by atoms with Crippen LogP contribution in [-0.2, 0) is 0 Å². The standard InChI is InChI=1S/C26H34N4OS/c1-19(2)29-14-13-28(26(29)31)12-11-27-9-6-21(7-10-27)24-17-30(22-8-15-32-18-22)25-16-20(3)4-5-23(24)25/h4-5,8,15-19,21H,6-7,9-14H2,1-3H3. The van der Waals surface area contributed by atoms with Crippen LogP contribution in [0.15, 0.2) is 41.2 Å². The zero-order valence-corrected chi connectivity index (χ0v) is 20.3. The summed E-state index contributed by atoms with van der Waals surface area (Å²) in [7, 11) is 0. The predicted octanol–water partition coefficient (Wildman–Crippen LogP) is 5.33. The van der Waals surface area contributed by atoms with Crippen LogP contribution in [0.2, 0.25) is 0 Å². The topological polar surface area (TPSA) is 31.7 Å². The van der Waals surface area contributed by atoms with Crippen molar-refractivity contribution in [2.75, 3.05) is 39.3 Å². The van der Waals surface area contributed by atoms with Crippen molar-refractivity contribution in [3.8, 4) is 5.69 Å². The second-order valence-corrected chi connectivity index (χ2v) is 10.4. The SMILES string of the molecule is Cc1ccc2c(C3CCN(CCN4CCN(C(C)C)C4=O)CC3)cn(-c3ccsc3)c2c1. The van der Waals surface area contributed by atoms with Crippen LogP contribution in [0.4, 0.5) is 4.79 Å². The normalized spacial score (nSPS) is 18.6. The van der Waals surface area contributed by atoms with Gasteiger partial charge in [-0.25, -0.2) is 4.79 Å². The molecule has 2 aromatic heterocycles. The predicted molar refractivity (Wildman–Crippen MR) is 133 cm³/mol. The minimum atomic E-state index is 0.214. The van der Waals surface area contributed by atoms with Gasteiger partial charge in [0.25, 0.3) is 0 Å². The Kier molecular flexibility index (Phi) is 5.99. The molecule has 0 atom stereocenters. The van der Waals surface area contributed by atoms with Crippen molar-refractivity contribution in [1.82, 2.24) is 19.3 Å². The minimum Gasteiger partial charge on any atom is -0.322 e. The lowest BCUT2D eigenvalue weighted by Crippen LogP contribution is -2.41. The Balaban J connectivity index is 1.25. The number of piperidine rings is 1. The van der Waals surface area contributed by atoms with E-state index in [1.807, 2.05) is 9.80 Å². The number of hydrogen-bond donors (Lipinski definition) is 0. The maximum absolute atomic E-state index is 12.5. The zero-order chi connectivity index (χ0) is 22.2. The number of aryl methyl sites for hydroxylation is 1. The molecule has 0 N–H and O–H groups in total. The van der Waals surface area contributed by atoms with Gasteiger partial charge in [0.15, 0.2) is 0 Å². The van der Waals surface area contributed by atoms with Crippen molar-refractivity contribution in [2.45, 2.75) is 45.6 Å². The molecule has 3 aromatic rings. The molecule has 2 aliphatic heterocycles. The number of hydrogen-bond acceptors (Lipinski definition) is 3. The maximum atomic E-state index is 12.5. The van der Waals surface area contributed by atoms with Crippen molar-refractivity contribution in [3.05, 3.63) is 52.3 Å². The van der Waals surface area contributed by atoms with E-state index in [9.17, 15) is 4.79 Å². The van der Waals surface area contributed by atoms with Crippen LogP contribution >= 0.6 is 11.3 Å². The molecule has 6 heteroatoms. The molecule has 2 aliphatic rings. The Morgan fingerprint density at radius 3 is 2.56 bits per heavy atom. The first-order valence-corrected chi connectivity index (χ1v) is 12.9. The summed E-state index contributed by atoms with van der Waals surface area (Å²) in [6.07, 6.45) is 4.75. The number of aromatic nitrogens is 1. The number of likely N-dealkylation sites (tertiary alicyclic amines) is 1. The van der Waals surface area contributed by atoms with Gasteiger partial charge in [-0.3, -0.25) is 0 Å². The summed E-state index contributed by atoms with van der Waals surface area (Å²) in [6.45, 7) is 12.2. The van der Waals surface area contributed by atoms with Crippen molar-refractivity contribution in [3.63, 3.8) is 0 Å². The molecule has 2 fully saturated rings. The molecule has 5 rings (SSSR count). The number of carbonyl (C=O) groups is 1. The number of fused-ring (bicyclic) bond motifs is 1. The highest BCUT2D eigenvalue weighted by atomic mass is 32.1. The first-order chi connectivity index (χ1) is 15.5. The molecule has 5 nitrogen and oxygen atoms in total. The lowest BCUT2D eigenvalue weighted by molar-refractivity contribution is 0.166. The highest BCUT2D eigenvalue weighted by Crippen LogP contribution is 2.36. The lowest BCUT2D eigenvalue weighted by Gasteiger charge is -2.33. The van der Waals surface area contributed by atoms with Gasteiger partial charge >= 0.3 is 6.03 Å². The van der Waals surface area contributed by atoms with Crippen LogP contribution in [0.25, 0.3) is 16.6 Å². The molecule has 0 aliphatic carbocycles. The van der Waals surface area contributed by atoms with Gasteiger partial charge in [-0.15, -0.1) is 0 Å². The quantitative estimate of drug-likeness (QED) is 0.509. The third kappa shape index (κ3) is 4.06. The van der Waals surface area contributed by atoms with Crippen molar-refractivity contribution < 1.29 is 4.79 Å². The van der Waals surface area contributed by atoms with E-state index < -0.39 is 0 Å². The molecule has 0 bridgehead atoms. The van der Waals surface area contributed by atoms with E-state index in [-0.39, 0.29) is 6.03 Å². The summed E-state index contributed by atoms with van der Waals surface area (Å²) in [5.74, 6) is 0.598. The van der Waals surface area contributed by atoms with E-state index in [4.69, 9.17) is 0 Å². The first kappa shape index (κ1) is 21.5. The summed E-state index contributed by atoms with van der Waals surface area (Å²) in [5, 5.41) is 5.78. The summed E-state index contributed by atoms with van der Waals surface area (Å²) in [6, 6.07) is 9.59. The Labute approximate surface area is 195 Å². The van der Waals surface area contributed by atoms with Crippen LogP contribution in [-0.4, -0.2) is 70.6 Å². The molecule has 32 heavy (non-hydrogen) atoms. The first-order valence-electron chi connectivity index (χ1n) is 11.9. The second kappa shape index (κ2) is 8.91. The van der Waals surface area contributed by atoms with E-state index >= 15 is 0 Å². The Hall–Kier alpha value is -2.31. The number of urea groups is 1. The molecule has 0 spiro atoms. The number of nitrogens with zero attached hydrogens (tertiary/aromatic N) is 4. The monoisotopic (exact) mass is 450 g/mol. The molecular weight excluding hydrogens is 416 g/mol. The zero-order valence-electron chi connectivity index (χ0n) is 19.5. The smallest absolute Gasteiger partial charge is 0.320 e. The summed E-state index contributed by atoms with van der Waals surface area (Å²) in [5.41, 5.74) is 5.39. The number of benzene rings is 1. The van der Waals surface area contributed by atoms with E-state index in [0.717, 1.165) is 39.3 Å². The minimum absolute atomic E-state index is 0.214. The molecule has 4 heterocycles. The molecule has 0 radical (unpaired) electrons. The third-order valence-corrected chi connectivity index (χ3v) is 7.91. The van der Waals surface area contributed by atoms with Gasteiger partial charge < -0.3 is 19.3 Å². The van der Waals surface area contributed by atoms with E-state index in [2.05, 4.69) is 71.5 Å². The average Bonchev–Trinajstić information content (AvgIpc) is 3.51. The van der Waals surface area contributed by atoms with E-state index in [1.54, 1.807) is 11.3 Å². The fourth-order valence-corrected chi connectivity index (χ4v) is 5.94. The number of thiophene rings is 1. The number of carbonyl (C=O) groups excluding carboxylic acids is 1. The highest BCUT2D eigenvalue weighted by Gasteiger charge is 2.30. The Morgan fingerprint density at radius 1 is 1.06 bits per heavy atom. The van der Waals surface area contributed by atoms with Crippen molar-refractivity contribution >= 4 is 28.3 Å². The van der Waals surface area contributed by atoms with Gasteiger partial charge in [0.05, 0.1) is 11.2 Å². The van der Waals surface area contributed by atoms with Crippen LogP contribution in [0, 0.1) is 6.92 Å². The van der Waals surface area contributed by atoms with Crippen LogP contribution in [0.3, 0.4) is 0 Å². The Bertz CT molecular complexity index is 1080. The van der Waals surface area contributed by atoms with E-state index in [0.29, 0.717) is 12.0 Å². The van der Waals surface area contributed by atoms with Crippen LogP contribution in [0.1, 0.15) is 43.7 Å². The molecule has 170 valence electrons. The van der Waals surface area contributed by atoms with Gasteiger partial charge in [0.1, 0.15) is 0 Å². The maximum Gasteiger partial charge on any atom is 0.320 e. The van der Waals surface area contributed by atoms with Gasteiger partial charge in [-0.2, -0.15) is 11.3 Å². The summed E-state index contributed by atoms with van der Waals surface area (Å²) in [4.78, 5) is 19.1. The van der Waals surface area contributed by atoms with Crippen molar-refractivity contribution in [2.24, 2.45) is 0 Å². The average molecular weight is 451 g/mol. The van der Waals surface area contributed by atoms with Crippen LogP contribution in [0.5, 0.6) is 0 Å².